The van der Waals surface area contributed by atoms with Crippen molar-refractivity contribution in [1.29, 1.82) is 0 Å². The summed E-state index contributed by atoms with van der Waals surface area (Å²) in [4.78, 5) is 32.9. The monoisotopic (exact) mass is 366 g/mol. The van der Waals surface area contributed by atoms with E-state index >= 15 is 0 Å². The Morgan fingerprint density at radius 1 is 1.48 bits per heavy atom. The molecular formula is C15H14N2O3S3. The first-order valence-electron chi connectivity index (χ1n) is 6.84. The molecule has 0 bridgehead atoms. The normalized spacial score (nSPS) is 12.4. The van der Waals surface area contributed by atoms with Crippen LogP contribution in [0.4, 0.5) is 0 Å². The molecule has 0 aliphatic heterocycles. The molecule has 0 spiro atoms. The summed E-state index contributed by atoms with van der Waals surface area (Å²) in [5.74, 6) is 0.516. The number of nitrogens with one attached hydrogen (secondary N) is 1. The minimum atomic E-state index is -0.290. The largest absolute Gasteiger partial charge is 0.468 e. The van der Waals surface area contributed by atoms with Crippen LogP contribution in [0.15, 0.2) is 27.7 Å². The summed E-state index contributed by atoms with van der Waals surface area (Å²) in [6, 6.07) is 3.96. The zero-order valence-corrected chi connectivity index (χ0v) is 14.9. The molecule has 3 aromatic heterocycles. The van der Waals surface area contributed by atoms with E-state index in [1.165, 1.54) is 30.2 Å². The Balaban J connectivity index is 1.94. The maximum absolute atomic E-state index is 12.5. The molecule has 23 heavy (non-hydrogen) atoms. The Morgan fingerprint density at radius 3 is 3.00 bits per heavy atom. The number of carbonyl (C=O) groups excluding carboxylic acids is 1. The van der Waals surface area contributed by atoms with E-state index in [1.807, 2.05) is 29.8 Å². The van der Waals surface area contributed by atoms with Gasteiger partial charge in [0.15, 0.2) is 0 Å². The summed E-state index contributed by atoms with van der Waals surface area (Å²) in [5.41, 5.74) is 0.787. The zero-order chi connectivity index (χ0) is 16.4. The first-order valence-corrected chi connectivity index (χ1v) is 9.64. The van der Waals surface area contributed by atoms with Gasteiger partial charge in [0.05, 0.1) is 23.5 Å². The van der Waals surface area contributed by atoms with Crippen molar-refractivity contribution in [2.24, 2.45) is 0 Å². The van der Waals surface area contributed by atoms with E-state index < -0.39 is 0 Å². The molecule has 0 radical (unpaired) electrons. The van der Waals surface area contributed by atoms with Crippen molar-refractivity contribution < 1.29 is 9.53 Å². The number of carbonyl (C=O) groups is 1. The Hall–Kier alpha value is -1.64. The molecule has 0 saturated carbocycles. The predicted octanol–water partition coefficient (Wildman–Crippen LogP) is 3.68. The van der Waals surface area contributed by atoms with Crippen LogP contribution in [0.25, 0.3) is 20.7 Å². The molecule has 3 aromatic rings. The third-order valence-electron chi connectivity index (χ3n) is 3.31. The summed E-state index contributed by atoms with van der Waals surface area (Å²) in [7, 11) is 1.36. The molecule has 0 saturated heterocycles. The third kappa shape index (κ3) is 3.34. The van der Waals surface area contributed by atoms with E-state index in [0.717, 1.165) is 15.3 Å². The van der Waals surface area contributed by atoms with Gasteiger partial charge in [-0.1, -0.05) is 6.07 Å². The molecule has 0 aliphatic carbocycles. The molecule has 3 rings (SSSR count). The number of aromatic nitrogens is 2. The molecule has 1 unspecified atom stereocenters. The average Bonchev–Trinajstić information content (AvgIpc) is 3.20. The Kier molecular flexibility index (Phi) is 4.84. The van der Waals surface area contributed by atoms with E-state index in [0.29, 0.717) is 11.2 Å². The van der Waals surface area contributed by atoms with Gasteiger partial charge in [-0.3, -0.25) is 9.59 Å². The number of thioether (sulfide) groups is 1. The minimum Gasteiger partial charge on any atom is -0.468 e. The number of fused-ring (bicyclic) bond motifs is 1. The highest BCUT2D eigenvalue weighted by molar-refractivity contribution is 8.00. The van der Waals surface area contributed by atoms with Crippen LogP contribution in [-0.4, -0.2) is 28.8 Å². The number of ether oxygens (including phenoxy) is 1. The van der Waals surface area contributed by atoms with E-state index in [-0.39, 0.29) is 22.5 Å². The van der Waals surface area contributed by atoms with Crippen molar-refractivity contribution in [2.75, 3.05) is 12.9 Å². The van der Waals surface area contributed by atoms with Gasteiger partial charge >= 0.3 is 5.97 Å². The molecule has 5 nitrogen and oxygen atoms in total. The lowest BCUT2D eigenvalue weighted by molar-refractivity contribution is -0.137. The van der Waals surface area contributed by atoms with Gasteiger partial charge in [-0.05, 0) is 18.4 Å². The third-order valence-corrected chi connectivity index (χ3v) is 6.21. The van der Waals surface area contributed by atoms with Crippen LogP contribution in [0.5, 0.6) is 0 Å². The van der Waals surface area contributed by atoms with Crippen molar-refractivity contribution >= 4 is 50.6 Å². The molecular weight excluding hydrogens is 352 g/mol. The fourth-order valence-corrected chi connectivity index (χ4v) is 4.64. The molecule has 0 fully saturated rings. The second kappa shape index (κ2) is 6.86. The van der Waals surface area contributed by atoms with Crippen LogP contribution < -0.4 is 5.56 Å². The van der Waals surface area contributed by atoms with E-state index in [2.05, 4.69) is 14.7 Å². The highest BCUT2D eigenvalue weighted by Crippen LogP contribution is 2.34. The highest BCUT2D eigenvalue weighted by Gasteiger charge is 2.17. The molecule has 3 heterocycles. The lowest BCUT2D eigenvalue weighted by atomic mass is 10.2. The zero-order valence-electron chi connectivity index (χ0n) is 12.5. The lowest BCUT2D eigenvalue weighted by Crippen LogP contribution is -2.13. The number of methoxy groups -OCH3 is 1. The van der Waals surface area contributed by atoms with Crippen LogP contribution in [0.1, 0.15) is 18.0 Å². The number of nitrogens with zero attached hydrogens (tertiary/aromatic N) is 1. The van der Waals surface area contributed by atoms with Gasteiger partial charge in [0.1, 0.15) is 10.7 Å². The SMILES string of the molecule is COC(=O)CSC(C)c1nc2scc(-c3cccs3)c2c(=O)[nH]1. The van der Waals surface area contributed by atoms with Crippen LogP contribution >= 0.6 is 34.4 Å². The summed E-state index contributed by atoms with van der Waals surface area (Å²) in [6.07, 6.45) is 0. The standard InChI is InChI=1S/C15H14N2O3S3/c1-8(22-7-11(18)20-2)13-16-14(19)12-9(6-23-15(12)17-13)10-4-3-5-21-10/h3-6,8H,7H2,1-2H3,(H,16,17,19). The lowest BCUT2D eigenvalue weighted by Gasteiger charge is -2.09. The van der Waals surface area contributed by atoms with Crippen molar-refractivity contribution in [3.63, 3.8) is 0 Å². The minimum absolute atomic E-state index is 0.0986. The molecule has 0 aliphatic rings. The molecule has 0 aromatic carbocycles. The second-order valence-corrected chi connectivity index (χ2v) is 7.92. The molecule has 0 amide bonds. The highest BCUT2D eigenvalue weighted by atomic mass is 32.2. The number of aromatic amines is 1. The molecule has 1 N–H and O–H groups in total. The first kappa shape index (κ1) is 16.2. The number of thiophene rings is 2. The van der Waals surface area contributed by atoms with Crippen LogP contribution in [0.3, 0.4) is 0 Å². The number of rotatable bonds is 5. The maximum Gasteiger partial charge on any atom is 0.315 e. The Morgan fingerprint density at radius 2 is 2.30 bits per heavy atom. The van der Waals surface area contributed by atoms with Crippen molar-refractivity contribution in [3.8, 4) is 10.4 Å². The summed E-state index contributed by atoms with van der Waals surface area (Å²) < 4.78 is 4.63. The van der Waals surface area contributed by atoms with Gasteiger partial charge in [0, 0.05) is 15.8 Å². The topological polar surface area (TPSA) is 72.0 Å². The first-order chi connectivity index (χ1) is 11.1. The van der Waals surface area contributed by atoms with Gasteiger partial charge in [-0.15, -0.1) is 34.4 Å². The van der Waals surface area contributed by atoms with Gasteiger partial charge in [-0.2, -0.15) is 0 Å². The summed E-state index contributed by atoms with van der Waals surface area (Å²) in [5, 5.41) is 4.49. The van der Waals surface area contributed by atoms with Crippen molar-refractivity contribution in [2.45, 2.75) is 12.2 Å². The number of esters is 1. The van der Waals surface area contributed by atoms with Gasteiger partial charge < -0.3 is 9.72 Å². The van der Waals surface area contributed by atoms with Crippen LogP contribution in [0, 0.1) is 0 Å². The number of H-pyrrole nitrogens is 1. The van der Waals surface area contributed by atoms with Crippen molar-refractivity contribution in [1.82, 2.24) is 9.97 Å². The van der Waals surface area contributed by atoms with Crippen molar-refractivity contribution in [3.05, 3.63) is 39.1 Å². The van der Waals surface area contributed by atoms with Gasteiger partial charge in [0.2, 0.25) is 0 Å². The Bertz CT molecular complexity index is 883. The summed E-state index contributed by atoms with van der Waals surface area (Å²) >= 11 is 4.44. The van der Waals surface area contributed by atoms with E-state index in [1.54, 1.807) is 11.3 Å². The molecule has 8 heteroatoms. The van der Waals surface area contributed by atoms with Gasteiger partial charge in [0.25, 0.3) is 5.56 Å². The smallest absolute Gasteiger partial charge is 0.315 e. The predicted molar refractivity (Wildman–Crippen MR) is 96.4 cm³/mol. The quantitative estimate of drug-likeness (QED) is 0.698. The summed E-state index contributed by atoms with van der Waals surface area (Å²) in [6.45, 7) is 1.91. The number of hydrogen-bond acceptors (Lipinski definition) is 7. The van der Waals surface area contributed by atoms with Crippen LogP contribution in [0.2, 0.25) is 0 Å². The van der Waals surface area contributed by atoms with Crippen LogP contribution in [-0.2, 0) is 9.53 Å². The van der Waals surface area contributed by atoms with E-state index in [9.17, 15) is 9.59 Å². The average molecular weight is 366 g/mol. The fourth-order valence-electron chi connectivity index (χ4n) is 2.10. The second-order valence-electron chi connectivity index (χ2n) is 4.79. The fraction of sp³-hybridized carbons (Fsp3) is 0.267. The molecule has 1 atom stereocenters. The number of hydrogen-bond donors (Lipinski definition) is 1. The van der Waals surface area contributed by atoms with Gasteiger partial charge in [-0.25, -0.2) is 4.98 Å². The maximum atomic E-state index is 12.5. The molecule has 120 valence electrons. The van der Waals surface area contributed by atoms with E-state index in [4.69, 9.17) is 0 Å². The Labute approximate surface area is 144 Å².